The second-order valence-corrected chi connectivity index (χ2v) is 6.82. The van der Waals surface area contributed by atoms with E-state index in [4.69, 9.17) is 0 Å². The fourth-order valence-electron chi connectivity index (χ4n) is 3.63. The van der Waals surface area contributed by atoms with E-state index in [1.807, 2.05) is 30.3 Å². The Bertz CT molecular complexity index is 1260. The first-order valence-corrected chi connectivity index (χ1v) is 9.37. The van der Waals surface area contributed by atoms with Crippen molar-refractivity contribution in [2.45, 2.75) is 20.4 Å². The zero-order chi connectivity index (χ0) is 20.5. The van der Waals surface area contributed by atoms with Crippen LogP contribution in [0.15, 0.2) is 60.7 Å². The van der Waals surface area contributed by atoms with Crippen LogP contribution in [0.5, 0.6) is 0 Å². The van der Waals surface area contributed by atoms with Gasteiger partial charge in [-0.3, -0.25) is 9.59 Å². The van der Waals surface area contributed by atoms with Crippen molar-refractivity contribution in [3.8, 4) is 0 Å². The van der Waals surface area contributed by atoms with Crippen LogP contribution in [0, 0.1) is 5.82 Å². The summed E-state index contributed by atoms with van der Waals surface area (Å²) in [6, 6.07) is 17.8. The van der Waals surface area contributed by atoms with E-state index in [1.165, 1.54) is 19.1 Å². The highest BCUT2D eigenvalue weighted by molar-refractivity contribution is 6.11. The van der Waals surface area contributed by atoms with Gasteiger partial charge in [-0.1, -0.05) is 18.2 Å². The molecule has 5 nitrogen and oxygen atoms in total. The lowest BCUT2D eigenvalue weighted by molar-refractivity contribution is -0.114. The first-order chi connectivity index (χ1) is 14.0. The molecule has 0 saturated heterocycles. The number of anilines is 2. The van der Waals surface area contributed by atoms with Crippen LogP contribution in [-0.4, -0.2) is 16.4 Å². The number of amides is 2. The van der Waals surface area contributed by atoms with Crippen molar-refractivity contribution < 1.29 is 14.0 Å². The topological polar surface area (TPSA) is 63.1 Å². The molecule has 0 aliphatic rings. The van der Waals surface area contributed by atoms with E-state index in [-0.39, 0.29) is 17.2 Å². The average Bonchev–Trinajstić information content (AvgIpc) is 3.02. The van der Waals surface area contributed by atoms with Gasteiger partial charge in [0.2, 0.25) is 5.91 Å². The summed E-state index contributed by atoms with van der Waals surface area (Å²) in [7, 11) is 0. The first-order valence-electron chi connectivity index (χ1n) is 9.37. The highest BCUT2D eigenvalue weighted by atomic mass is 19.1. The second-order valence-electron chi connectivity index (χ2n) is 6.82. The van der Waals surface area contributed by atoms with Gasteiger partial charge in [-0.2, -0.15) is 0 Å². The van der Waals surface area contributed by atoms with Gasteiger partial charge in [-0.25, -0.2) is 4.39 Å². The number of para-hydroxylation sites is 1. The van der Waals surface area contributed by atoms with Gasteiger partial charge >= 0.3 is 0 Å². The molecule has 1 heterocycles. The highest BCUT2D eigenvalue weighted by Gasteiger charge is 2.13. The van der Waals surface area contributed by atoms with Gasteiger partial charge in [0.05, 0.1) is 5.69 Å². The van der Waals surface area contributed by atoms with Crippen molar-refractivity contribution in [2.24, 2.45) is 0 Å². The van der Waals surface area contributed by atoms with Gasteiger partial charge in [0, 0.05) is 46.5 Å². The molecule has 4 aromatic rings. The predicted octanol–water partition coefficient (Wildman–Crippen LogP) is 5.16. The second kappa shape index (κ2) is 7.39. The minimum atomic E-state index is -0.592. The van der Waals surface area contributed by atoms with E-state index in [9.17, 15) is 14.0 Å². The average molecular weight is 389 g/mol. The third kappa shape index (κ3) is 3.45. The number of halogens is 1. The molecule has 0 aliphatic carbocycles. The van der Waals surface area contributed by atoms with Crippen molar-refractivity contribution in [3.63, 3.8) is 0 Å². The van der Waals surface area contributed by atoms with Crippen molar-refractivity contribution in [1.29, 1.82) is 0 Å². The Morgan fingerprint density at radius 1 is 0.931 bits per heavy atom. The van der Waals surface area contributed by atoms with Crippen LogP contribution >= 0.6 is 0 Å². The number of carbonyl (C=O) groups is 2. The lowest BCUT2D eigenvalue weighted by Gasteiger charge is -2.09. The fourth-order valence-corrected chi connectivity index (χ4v) is 3.63. The molecule has 0 atom stereocenters. The summed E-state index contributed by atoms with van der Waals surface area (Å²) in [4.78, 5) is 23.9. The number of fused-ring (bicyclic) bond motifs is 3. The summed E-state index contributed by atoms with van der Waals surface area (Å²) in [6.45, 7) is 4.23. The number of nitrogens with zero attached hydrogens (tertiary/aromatic N) is 1. The third-order valence-electron chi connectivity index (χ3n) is 4.89. The number of hydrogen-bond donors (Lipinski definition) is 2. The fraction of sp³-hybridized carbons (Fsp3) is 0.130. The molecule has 1 aromatic heterocycles. The maximum absolute atomic E-state index is 13.8. The summed E-state index contributed by atoms with van der Waals surface area (Å²) >= 11 is 0. The molecule has 0 bridgehead atoms. The predicted molar refractivity (Wildman–Crippen MR) is 114 cm³/mol. The molecule has 2 amide bonds. The molecular formula is C23H20FN3O2. The highest BCUT2D eigenvalue weighted by Crippen LogP contribution is 2.31. The van der Waals surface area contributed by atoms with Crippen LogP contribution in [0.1, 0.15) is 24.2 Å². The molecule has 146 valence electrons. The monoisotopic (exact) mass is 389 g/mol. The minimum Gasteiger partial charge on any atom is -0.341 e. The van der Waals surface area contributed by atoms with Crippen molar-refractivity contribution in [3.05, 3.63) is 72.0 Å². The van der Waals surface area contributed by atoms with Gasteiger partial charge in [0.15, 0.2) is 0 Å². The van der Waals surface area contributed by atoms with E-state index in [1.54, 1.807) is 0 Å². The molecular weight excluding hydrogens is 369 g/mol. The molecule has 3 aromatic carbocycles. The van der Waals surface area contributed by atoms with Crippen LogP contribution in [0.3, 0.4) is 0 Å². The standard InChI is InChI=1S/C23H20FN3O2/c1-3-27-21-7-5-4-6-17(21)18-13-16(9-11-22(18)27)26-23(29)15-8-10-19(24)20(12-15)25-14(2)28/h4-13H,3H2,1-2H3,(H,25,28)(H,26,29). The lowest BCUT2D eigenvalue weighted by Crippen LogP contribution is -2.14. The number of hydrogen-bond acceptors (Lipinski definition) is 2. The molecule has 6 heteroatoms. The zero-order valence-electron chi connectivity index (χ0n) is 16.1. The minimum absolute atomic E-state index is 0.0216. The number of benzene rings is 3. The zero-order valence-corrected chi connectivity index (χ0v) is 16.1. The lowest BCUT2D eigenvalue weighted by atomic mass is 10.1. The van der Waals surface area contributed by atoms with E-state index in [0.29, 0.717) is 5.69 Å². The van der Waals surface area contributed by atoms with Gasteiger partial charge in [0.1, 0.15) is 5.82 Å². The molecule has 0 fully saturated rings. The Morgan fingerprint density at radius 2 is 1.69 bits per heavy atom. The van der Waals surface area contributed by atoms with Gasteiger partial charge < -0.3 is 15.2 Å². The number of carbonyl (C=O) groups excluding carboxylic acids is 2. The molecule has 0 saturated carbocycles. The quantitative estimate of drug-likeness (QED) is 0.506. The number of nitrogens with one attached hydrogen (secondary N) is 2. The number of rotatable bonds is 4. The first kappa shape index (κ1) is 18.7. The smallest absolute Gasteiger partial charge is 0.255 e. The summed E-state index contributed by atoms with van der Waals surface area (Å²) in [5, 5.41) is 7.42. The SMILES string of the molecule is CCn1c2ccccc2c2cc(NC(=O)c3ccc(F)c(NC(C)=O)c3)ccc21. The maximum Gasteiger partial charge on any atom is 0.255 e. The summed E-state index contributed by atoms with van der Waals surface area (Å²) in [6.07, 6.45) is 0. The van der Waals surface area contributed by atoms with Gasteiger partial charge in [-0.15, -0.1) is 0 Å². The number of aromatic nitrogens is 1. The van der Waals surface area contributed by atoms with Crippen LogP contribution in [0.25, 0.3) is 21.8 Å². The Kier molecular flexibility index (Phi) is 4.76. The van der Waals surface area contributed by atoms with Crippen LogP contribution in [0.4, 0.5) is 15.8 Å². The Morgan fingerprint density at radius 3 is 2.45 bits per heavy atom. The van der Waals surface area contributed by atoms with Crippen LogP contribution < -0.4 is 10.6 Å². The molecule has 4 rings (SSSR count). The third-order valence-corrected chi connectivity index (χ3v) is 4.89. The molecule has 0 radical (unpaired) electrons. The van der Waals surface area contributed by atoms with E-state index in [0.717, 1.165) is 34.4 Å². The van der Waals surface area contributed by atoms with Crippen LogP contribution in [0.2, 0.25) is 0 Å². The summed E-state index contributed by atoms with van der Waals surface area (Å²) in [5.41, 5.74) is 3.12. The molecule has 2 N–H and O–H groups in total. The molecule has 29 heavy (non-hydrogen) atoms. The van der Waals surface area contributed by atoms with Crippen molar-refractivity contribution >= 4 is 45.0 Å². The van der Waals surface area contributed by atoms with Gasteiger partial charge in [-0.05, 0) is 49.4 Å². The van der Waals surface area contributed by atoms with E-state index < -0.39 is 11.7 Å². The summed E-state index contributed by atoms with van der Waals surface area (Å²) in [5.74, 6) is -1.38. The van der Waals surface area contributed by atoms with Crippen LogP contribution in [-0.2, 0) is 11.3 Å². The largest absolute Gasteiger partial charge is 0.341 e. The number of aryl methyl sites for hydroxylation is 1. The van der Waals surface area contributed by atoms with Gasteiger partial charge in [0.25, 0.3) is 5.91 Å². The Labute approximate surface area is 167 Å². The maximum atomic E-state index is 13.8. The molecule has 0 spiro atoms. The van der Waals surface area contributed by atoms with Crippen molar-refractivity contribution in [2.75, 3.05) is 10.6 Å². The van der Waals surface area contributed by atoms with E-state index in [2.05, 4.69) is 34.3 Å². The normalized spacial score (nSPS) is 11.0. The molecule has 0 unspecified atom stereocenters. The Balaban J connectivity index is 1.69. The van der Waals surface area contributed by atoms with Crippen molar-refractivity contribution in [1.82, 2.24) is 4.57 Å². The Hall–Kier alpha value is -3.67. The molecule has 0 aliphatic heterocycles. The van der Waals surface area contributed by atoms with E-state index >= 15 is 0 Å². The summed E-state index contributed by atoms with van der Waals surface area (Å²) < 4.78 is 16.1.